The zero-order valence-electron chi connectivity index (χ0n) is 17.6. The number of hydrogen-bond acceptors (Lipinski definition) is 5. The first-order chi connectivity index (χ1) is 14.0. The molecule has 0 aromatic heterocycles. The highest BCUT2D eigenvalue weighted by atomic mass is 16.5. The molecule has 2 aromatic rings. The molecule has 1 saturated heterocycles. The number of nitrogens with one attached hydrogen (secondary N) is 1. The standard InChI is InChI=1S/C23H30N2O4/c1-16-14-25(15-17(2)29-16)23(26)19-10-8-18(9-11-19)12-24-13-20-6-5-7-21(27-3)22(20)28-4/h5-11,16-17,24H,12-15H2,1-4H3. The summed E-state index contributed by atoms with van der Waals surface area (Å²) >= 11 is 0. The average molecular weight is 399 g/mol. The molecule has 0 radical (unpaired) electrons. The Morgan fingerprint density at radius 3 is 2.34 bits per heavy atom. The van der Waals surface area contributed by atoms with E-state index < -0.39 is 0 Å². The van der Waals surface area contributed by atoms with Crippen molar-refractivity contribution in [1.82, 2.24) is 10.2 Å². The lowest BCUT2D eigenvalue weighted by Gasteiger charge is -2.35. The normalized spacial score (nSPS) is 19.1. The molecule has 3 rings (SSSR count). The third-order valence-electron chi connectivity index (χ3n) is 5.04. The second-order valence-corrected chi connectivity index (χ2v) is 7.42. The second kappa shape index (κ2) is 9.76. The summed E-state index contributed by atoms with van der Waals surface area (Å²) in [5, 5.41) is 3.42. The summed E-state index contributed by atoms with van der Waals surface area (Å²) in [4.78, 5) is 14.6. The smallest absolute Gasteiger partial charge is 0.254 e. The van der Waals surface area contributed by atoms with Gasteiger partial charge in [0.15, 0.2) is 11.5 Å². The second-order valence-electron chi connectivity index (χ2n) is 7.42. The first kappa shape index (κ1) is 21.1. The quantitative estimate of drug-likeness (QED) is 0.776. The van der Waals surface area contributed by atoms with E-state index in [0.717, 1.165) is 22.6 Å². The molecule has 6 nitrogen and oxygen atoms in total. The minimum atomic E-state index is 0.0626. The molecule has 0 bridgehead atoms. The van der Waals surface area contributed by atoms with Crippen molar-refractivity contribution in [2.75, 3.05) is 27.3 Å². The molecule has 0 aliphatic carbocycles. The lowest BCUT2D eigenvalue weighted by atomic mass is 10.1. The number of amides is 1. The molecule has 156 valence electrons. The van der Waals surface area contributed by atoms with Crippen molar-refractivity contribution in [2.24, 2.45) is 0 Å². The Labute approximate surface area is 172 Å². The molecule has 1 N–H and O–H groups in total. The maximum absolute atomic E-state index is 12.8. The number of carbonyl (C=O) groups excluding carboxylic acids is 1. The number of nitrogens with zero attached hydrogens (tertiary/aromatic N) is 1. The molecule has 6 heteroatoms. The van der Waals surface area contributed by atoms with Gasteiger partial charge in [0.05, 0.1) is 26.4 Å². The highest BCUT2D eigenvalue weighted by Crippen LogP contribution is 2.30. The van der Waals surface area contributed by atoms with Crippen molar-refractivity contribution in [2.45, 2.75) is 39.1 Å². The van der Waals surface area contributed by atoms with Crippen LogP contribution in [0.15, 0.2) is 42.5 Å². The summed E-state index contributed by atoms with van der Waals surface area (Å²) in [6.45, 7) is 6.62. The van der Waals surface area contributed by atoms with Crippen LogP contribution in [0.2, 0.25) is 0 Å². The van der Waals surface area contributed by atoms with Crippen LogP contribution in [0.25, 0.3) is 0 Å². The zero-order chi connectivity index (χ0) is 20.8. The summed E-state index contributed by atoms with van der Waals surface area (Å²) < 4.78 is 16.5. The fourth-order valence-electron chi connectivity index (χ4n) is 3.73. The van der Waals surface area contributed by atoms with Gasteiger partial charge in [0.25, 0.3) is 5.91 Å². The molecule has 1 aliphatic rings. The van der Waals surface area contributed by atoms with Gasteiger partial charge in [0.2, 0.25) is 0 Å². The van der Waals surface area contributed by atoms with Gasteiger partial charge in [-0.1, -0.05) is 24.3 Å². The van der Waals surface area contributed by atoms with Crippen molar-refractivity contribution in [3.63, 3.8) is 0 Å². The first-order valence-corrected chi connectivity index (χ1v) is 9.96. The number of benzene rings is 2. The Hall–Kier alpha value is -2.57. The maximum atomic E-state index is 12.8. The Morgan fingerprint density at radius 2 is 1.72 bits per heavy atom. The number of morpholine rings is 1. The van der Waals surface area contributed by atoms with Crippen LogP contribution >= 0.6 is 0 Å². The Morgan fingerprint density at radius 1 is 1.03 bits per heavy atom. The van der Waals surface area contributed by atoms with Crippen LogP contribution in [0, 0.1) is 0 Å². The van der Waals surface area contributed by atoms with Gasteiger partial charge < -0.3 is 24.4 Å². The highest BCUT2D eigenvalue weighted by Gasteiger charge is 2.26. The lowest BCUT2D eigenvalue weighted by Crippen LogP contribution is -2.48. The minimum Gasteiger partial charge on any atom is -0.493 e. The van der Waals surface area contributed by atoms with Crippen molar-refractivity contribution >= 4 is 5.91 Å². The zero-order valence-corrected chi connectivity index (χ0v) is 17.6. The Balaban J connectivity index is 1.57. The number of methoxy groups -OCH3 is 2. The molecule has 1 amide bonds. The summed E-state index contributed by atoms with van der Waals surface area (Å²) in [6, 6.07) is 13.6. The van der Waals surface area contributed by atoms with Gasteiger partial charge in [-0.3, -0.25) is 4.79 Å². The van der Waals surface area contributed by atoms with Crippen LogP contribution in [-0.4, -0.2) is 50.3 Å². The summed E-state index contributed by atoms with van der Waals surface area (Å²) in [7, 11) is 3.28. The minimum absolute atomic E-state index is 0.0626. The van der Waals surface area contributed by atoms with E-state index in [0.29, 0.717) is 31.7 Å². The SMILES string of the molecule is COc1cccc(CNCc2ccc(C(=O)N3CC(C)OC(C)C3)cc2)c1OC. The first-order valence-electron chi connectivity index (χ1n) is 9.96. The van der Waals surface area contributed by atoms with E-state index in [2.05, 4.69) is 5.32 Å². The van der Waals surface area contributed by atoms with E-state index in [1.165, 1.54) is 0 Å². The van der Waals surface area contributed by atoms with E-state index in [1.807, 2.05) is 61.2 Å². The van der Waals surface area contributed by atoms with Gasteiger partial charge in [-0.05, 0) is 37.6 Å². The predicted molar refractivity (Wildman–Crippen MR) is 112 cm³/mol. The molecule has 2 aromatic carbocycles. The van der Waals surface area contributed by atoms with E-state index in [9.17, 15) is 4.79 Å². The number of para-hydroxylation sites is 1. The predicted octanol–water partition coefficient (Wildman–Crippen LogP) is 3.24. The van der Waals surface area contributed by atoms with Gasteiger partial charge in [-0.15, -0.1) is 0 Å². The van der Waals surface area contributed by atoms with Crippen LogP contribution in [0.4, 0.5) is 0 Å². The number of hydrogen-bond donors (Lipinski definition) is 1. The van der Waals surface area contributed by atoms with Crippen LogP contribution in [0.5, 0.6) is 11.5 Å². The fourth-order valence-corrected chi connectivity index (χ4v) is 3.73. The molecule has 29 heavy (non-hydrogen) atoms. The largest absolute Gasteiger partial charge is 0.493 e. The molecule has 0 spiro atoms. The van der Waals surface area contributed by atoms with Crippen molar-refractivity contribution in [3.05, 3.63) is 59.2 Å². The highest BCUT2D eigenvalue weighted by molar-refractivity contribution is 5.94. The molecule has 1 aliphatic heterocycles. The lowest BCUT2D eigenvalue weighted by molar-refractivity contribution is -0.0586. The number of ether oxygens (including phenoxy) is 3. The number of carbonyl (C=O) groups is 1. The summed E-state index contributed by atoms with van der Waals surface area (Å²) in [6.07, 6.45) is 0.138. The van der Waals surface area contributed by atoms with E-state index in [4.69, 9.17) is 14.2 Å². The van der Waals surface area contributed by atoms with E-state index >= 15 is 0 Å². The van der Waals surface area contributed by atoms with Crippen LogP contribution < -0.4 is 14.8 Å². The summed E-state index contributed by atoms with van der Waals surface area (Å²) in [5.74, 6) is 1.53. The monoisotopic (exact) mass is 398 g/mol. The molecule has 1 fully saturated rings. The number of rotatable bonds is 7. The Kier molecular flexibility index (Phi) is 7.12. The molecule has 0 saturated carbocycles. The van der Waals surface area contributed by atoms with Gasteiger partial charge >= 0.3 is 0 Å². The van der Waals surface area contributed by atoms with Gasteiger partial charge in [0, 0.05) is 37.3 Å². The Bertz CT molecular complexity index is 812. The van der Waals surface area contributed by atoms with Crippen molar-refractivity contribution in [3.8, 4) is 11.5 Å². The van der Waals surface area contributed by atoms with Gasteiger partial charge in [-0.25, -0.2) is 0 Å². The third-order valence-corrected chi connectivity index (χ3v) is 5.04. The fraction of sp³-hybridized carbons (Fsp3) is 0.435. The topological polar surface area (TPSA) is 60.0 Å². The third kappa shape index (κ3) is 5.28. The summed E-state index contributed by atoms with van der Waals surface area (Å²) in [5.41, 5.74) is 2.87. The van der Waals surface area contributed by atoms with Crippen molar-refractivity contribution in [1.29, 1.82) is 0 Å². The molecule has 1 heterocycles. The average Bonchev–Trinajstić information content (AvgIpc) is 2.72. The van der Waals surface area contributed by atoms with E-state index in [-0.39, 0.29) is 18.1 Å². The molecule has 2 unspecified atom stereocenters. The molecular formula is C23H30N2O4. The van der Waals surface area contributed by atoms with Gasteiger partial charge in [-0.2, -0.15) is 0 Å². The van der Waals surface area contributed by atoms with Crippen LogP contribution in [0.3, 0.4) is 0 Å². The van der Waals surface area contributed by atoms with Crippen molar-refractivity contribution < 1.29 is 19.0 Å². The maximum Gasteiger partial charge on any atom is 0.254 e. The molecular weight excluding hydrogens is 368 g/mol. The molecule has 2 atom stereocenters. The van der Waals surface area contributed by atoms with E-state index in [1.54, 1.807) is 14.2 Å². The van der Waals surface area contributed by atoms with Crippen LogP contribution in [0.1, 0.15) is 35.3 Å². The van der Waals surface area contributed by atoms with Gasteiger partial charge in [0.1, 0.15) is 0 Å². The van der Waals surface area contributed by atoms with Crippen LogP contribution in [-0.2, 0) is 17.8 Å².